The number of urea groups is 1. The van der Waals surface area contributed by atoms with E-state index in [0.29, 0.717) is 29.5 Å². The van der Waals surface area contributed by atoms with Gasteiger partial charge in [0.15, 0.2) is 0 Å². The summed E-state index contributed by atoms with van der Waals surface area (Å²) in [6.07, 6.45) is -0.157. The van der Waals surface area contributed by atoms with Gasteiger partial charge in [-0.2, -0.15) is 0 Å². The van der Waals surface area contributed by atoms with Gasteiger partial charge in [0.05, 0.1) is 32.4 Å². The summed E-state index contributed by atoms with van der Waals surface area (Å²) in [5, 5.41) is 4.71. The lowest BCUT2D eigenvalue weighted by molar-refractivity contribution is -0.124. The number of ether oxygens (including phenoxy) is 2. The van der Waals surface area contributed by atoms with Crippen molar-refractivity contribution in [2.24, 2.45) is 0 Å². The molecule has 9 heteroatoms. The molecule has 2 aromatic carbocycles. The Morgan fingerprint density at radius 3 is 2.35 bits per heavy atom. The van der Waals surface area contributed by atoms with Gasteiger partial charge >= 0.3 is 6.03 Å². The van der Waals surface area contributed by atoms with Crippen molar-refractivity contribution in [3.05, 3.63) is 70.9 Å². The second-order valence-electron chi connectivity index (χ2n) is 7.59. The van der Waals surface area contributed by atoms with E-state index in [1.54, 1.807) is 55.6 Å². The summed E-state index contributed by atoms with van der Waals surface area (Å²) in [5.41, 5.74) is 1.02. The molecule has 0 radical (unpaired) electrons. The number of hydrogen-bond acceptors (Lipinski definition) is 6. The largest absolute Gasteiger partial charge is 0.497 e. The number of benzene rings is 2. The van der Waals surface area contributed by atoms with Crippen molar-refractivity contribution in [3.8, 4) is 11.5 Å². The molecule has 0 bridgehead atoms. The van der Waals surface area contributed by atoms with Gasteiger partial charge in [0.25, 0.3) is 5.91 Å². The maximum atomic E-state index is 13.4. The highest BCUT2D eigenvalue weighted by atomic mass is 32.1. The van der Waals surface area contributed by atoms with E-state index < -0.39 is 18.0 Å². The lowest BCUT2D eigenvalue weighted by atomic mass is 10.1. The zero-order valence-electron chi connectivity index (χ0n) is 18.9. The van der Waals surface area contributed by atoms with Crippen LogP contribution in [0.4, 0.5) is 16.2 Å². The van der Waals surface area contributed by atoms with Crippen molar-refractivity contribution in [1.82, 2.24) is 4.90 Å². The monoisotopic (exact) mass is 479 g/mol. The van der Waals surface area contributed by atoms with Crippen LogP contribution in [0.5, 0.6) is 11.5 Å². The molecule has 0 spiro atoms. The topological polar surface area (TPSA) is 88.2 Å². The Morgan fingerprint density at radius 1 is 1.03 bits per heavy atom. The molecule has 1 aromatic heterocycles. The third-order valence-corrected chi connectivity index (χ3v) is 6.24. The van der Waals surface area contributed by atoms with E-state index in [0.717, 1.165) is 9.78 Å². The predicted octanol–water partition coefficient (Wildman–Crippen LogP) is 4.52. The van der Waals surface area contributed by atoms with E-state index in [1.807, 2.05) is 24.4 Å². The number of imide groups is 1. The van der Waals surface area contributed by atoms with Crippen LogP contribution >= 0.6 is 11.3 Å². The molecule has 1 saturated heterocycles. The van der Waals surface area contributed by atoms with E-state index in [1.165, 1.54) is 16.2 Å². The molecule has 1 aliphatic heterocycles. The maximum Gasteiger partial charge on any atom is 0.332 e. The molecule has 4 rings (SSSR count). The van der Waals surface area contributed by atoms with Gasteiger partial charge in [-0.05, 0) is 66.9 Å². The zero-order chi connectivity index (χ0) is 24.1. The molecule has 2 heterocycles. The number of carbonyl (C=O) groups is 3. The minimum atomic E-state index is -0.917. The summed E-state index contributed by atoms with van der Waals surface area (Å²) in [5.74, 6) is 0.524. The van der Waals surface area contributed by atoms with Crippen LogP contribution in [-0.4, -0.2) is 42.5 Å². The fourth-order valence-electron chi connectivity index (χ4n) is 3.74. The van der Waals surface area contributed by atoms with Crippen LogP contribution in [0.1, 0.15) is 18.2 Å². The smallest absolute Gasteiger partial charge is 0.332 e. The lowest BCUT2D eigenvalue weighted by Gasteiger charge is -2.21. The Labute approximate surface area is 201 Å². The molecule has 8 nitrogen and oxygen atoms in total. The molecular formula is C25H25N3O5S. The van der Waals surface area contributed by atoms with Crippen molar-refractivity contribution in [1.29, 1.82) is 0 Å². The molecule has 1 fully saturated rings. The molecule has 1 unspecified atom stereocenters. The van der Waals surface area contributed by atoms with Crippen LogP contribution in [0.15, 0.2) is 66.0 Å². The Hall–Kier alpha value is -3.85. The summed E-state index contributed by atoms with van der Waals surface area (Å²) in [7, 11) is 1.54. The van der Waals surface area contributed by atoms with Gasteiger partial charge in [0, 0.05) is 10.6 Å². The number of rotatable bonds is 9. The molecule has 1 N–H and O–H groups in total. The number of thiophene rings is 1. The first kappa shape index (κ1) is 23.3. The summed E-state index contributed by atoms with van der Waals surface area (Å²) < 4.78 is 10.6. The van der Waals surface area contributed by atoms with Gasteiger partial charge < -0.3 is 19.7 Å². The van der Waals surface area contributed by atoms with Crippen LogP contribution in [-0.2, 0) is 16.1 Å². The molecule has 3 aromatic rings. The molecule has 0 aliphatic carbocycles. The normalized spacial score (nSPS) is 15.5. The zero-order valence-corrected chi connectivity index (χ0v) is 19.7. The summed E-state index contributed by atoms with van der Waals surface area (Å²) in [4.78, 5) is 43.0. The van der Waals surface area contributed by atoms with Gasteiger partial charge in [-0.3, -0.25) is 9.59 Å². The second-order valence-corrected chi connectivity index (χ2v) is 8.62. The van der Waals surface area contributed by atoms with Crippen LogP contribution in [0.25, 0.3) is 0 Å². The SMILES string of the molecule is CCOc1ccc(NC(=O)CC2C(=O)N(c3ccc(OC)cc3)C(=O)N2Cc2cccs2)cc1. The van der Waals surface area contributed by atoms with Gasteiger partial charge in [0.1, 0.15) is 17.5 Å². The molecule has 34 heavy (non-hydrogen) atoms. The highest BCUT2D eigenvalue weighted by Gasteiger charge is 2.46. The number of carbonyl (C=O) groups excluding carboxylic acids is 3. The van der Waals surface area contributed by atoms with E-state index >= 15 is 0 Å². The Balaban J connectivity index is 1.53. The maximum absolute atomic E-state index is 13.4. The first-order valence-electron chi connectivity index (χ1n) is 10.8. The quantitative estimate of drug-likeness (QED) is 0.456. The molecule has 4 amide bonds. The first-order valence-corrected chi connectivity index (χ1v) is 11.7. The van der Waals surface area contributed by atoms with E-state index in [9.17, 15) is 14.4 Å². The van der Waals surface area contributed by atoms with E-state index in [4.69, 9.17) is 9.47 Å². The first-order chi connectivity index (χ1) is 16.5. The van der Waals surface area contributed by atoms with Gasteiger partial charge in [0.2, 0.25) is 5.91 Å². The standard InChI is InChI=1S/C25H25N3O5S/c1-3-33-20-10-6-17(7-11-20)26-23(29)15-22-24(30)28(18-8-12-19(32-2)13-9-18)25(31)27(22)16-21-5-4-14-34-21/h4-14,22H,3,15-16H2,1-2H3,(H,26,29). The number of anilines is 2. The Bertz CT molecular complexity index is 1150. The molecular weight excluding hydrogens is 454 g/mol. The highest BCUT2D eigenvalue weighted by molar-refractivity contribution is 7.09. The number of hydrogen-bond donors (Lipinski definition) is 1. The minimum absolute atomic E-state index is 0.157. The third-order valence-electron chi connectivity index (χ3n) is 5.38. The molecule has 1 atom stereocenters. The fraction of sp³-hybridized carbons (Fsp3) is 0.240. The average molecular weight is 480 g/mol. The van der Waals surface area contributed by atoms with Gasteiger partial charge in [-0.25, -0.2) is 9.69 Å². The summed E-state index contributed by atoms with van der Waals surface area (Å²) >= 11 is 1.49. The molecule has 1 aliphatic rings. The lowest BCUT2D eigenvalue weighted by Crippen LogP contribution is -2.37. The fourth-order valence-corrected chi connectivity index (χ4v) is 4.44. The van der Waals surface area contributed by atoms with Crippen LogP contribution < -0.4 is 19.7 Å². The number of amides is 4. The van der Waals surface area contributed by atoms with Crippen molar-refractivity contribution in [2.75, 3.05) is 23.9 Å². The second kappa shape index (κ2) is 10.4. The number of nitrogens with one attached hydrogen (secondary N) is 1. The average Bonchev–Trinajstić information content (AvgIpc) is 3.43. The van der Waals surface area contributed by atoms with Gasteiger partial charge in [-0.15, -0.1) is 11.3 Å². The number of nitrogens with zero attached hydrogens (tertiary/aromatic N) is 2. The Morgan fingerprint density at radius 2 is 1.74 bits per heavy atom. The Kier molecular flexibility index (Phi) is 7.12. The molecule has 176 valence electrons. The molecule has 0 saturated carbocycles. The van der Waals surface area contributed by atoms with Crippen molar-refractivity contribution in [3.63, 3.8) is 0 Å². The summed E-state index contributed by atoms with van der Waals surface area (Å²) in [6.45, 7) is 2.69. The van der Waals surface area contributed by atoms with E-state index in [2.05, 4.69) is 5.32 Å². The van der Waals surface area contributed by atoms with Gasteiger partial charge in [-0.1, -0.05) is 6.07 Å². The highest BCUT2D eigenvalue weighted by Crippen LogP contribution is 2.30. The minimum Gasteiger partial charge on any atom is -0.497 e. The van der Waals surface area contributed by atoms with Crippen LogP contribution in [0, 0.1) is 0 Å². The third kappa shape index (κ3) is 5.04. The predicted molar refractivity (Wildman–Crippen MR) is 130 cm³/mol. The van der Waals surface area contributed by atoms with Crippen LogP contribution in [0.3, 0.4) is 0 Å². The van der Waals surface area contributed by atoms with Crippen LogP contribution in [0.2, 0.25) is 0 Å². The van der Waals surface area contributed by atoms with E-state index in [-0.39, 0.29) is 18.9 Å². The van der Waals surface area contributed by atoms with Crippen molar-refractivity contribution < 1.29 is 23.9 Å². The van der Waals surface area contributed by atoms with Crippen molar-refractivity contribution in [2.45, 2.75) is 25.9 Å². The van der Waals surface area contributed by atoms with Crippen molar-refractivity contribution >= 4 is 40.6 Å². The summed E-state index contributed by atoms with van der Waals surface area (Å²) in [6, 6.07) is 16.1. The number of methoxy groups -OCH3 is 1.